The van der Waals surface area contributed by atoms with Gasteiger partial charge in [-0.15, -0.1) is 0 Å². The van der Waals surface area contributed by atoms with Gasteiger partial charge in [-0.25, -0.2) is 15.0 Å². The molecular formula is C13H12N4O. The molecule has 0 aliphatic rings. The van der Waals surface area contributed by atoms with Gasteiger partial charge >= 0.3 is 0 Å². The van der Waals surface area contributed by atoms with E-state index in [4.69, 9.17) is 5.11 Å². The van der Waals surface area contributed by atoms with Crippen LogP contribution in [-0.2, 0) is 13.7 Å². The fourth-order valence-electron chi connectivity index (χ4n) is 1.82. The number of hydrogen-bond acceptors (Lipinski definition) is 4. The fourth-order valence-corrected chi connectivity index (χ4v) is 1.82. The van der Waals surface area contributed by atoms with Gasteiger partial charge in [-0.3, -0.25) is 0 Å². The summed E-state index contributed by atoms with van der Waals surface area (Å²) in [5.74, 6) is 0.663. The number of imidazole rings is 1. The van der Waals surface area contributed by atoms with Gasteiger partial charge in [-0.1, -0.05) is 24.3 Å². The third kappa shape index (κ3) is 1.74. The van der Waals surface area contributed by atoms with Crippen molar-refractivity contribution in [2.45, 2.75) is 6.61 Å². The highest BCUT2D eigenvalue weighted by Crippen LogP contribution is 2.18. The summed E-state index contributed by atoms with van der Waals surface area (Å²) < 4.78 is 1.86. The molecule has 3 rings (SSSR count). The summed E-state index contributed by atoms with van der Waals surface area (Å²) in [6, 6.07) is 7.55. The maximum Gasteiger partial charge on any atom is 0.163 e. The van der Waals surface area contributed by atoms with Crippen molar-refractivity contribution in [2.75, 3.05) is 0 Å². The first-order chi connectivity index (χ1) is 8.78. The zero-order chi connectivity index (χ0) is 12.5. The first kappa shape index (κ1) is 10.9. The van der Waals surface area contributed by atoms with Crippen molar-refractivity contribution in [1.82, 2.24) is 19.5 Å². The number of hydrogen-bond donors (Lipinski definition) is 1. The van der Waals surface area contributed by atoms with E-state index in [1.54, 1.807) is 12.5 Å². The molecule has 0 aliphatic carbocycles. The Balaban J connectivity index is 2.09. The lowest BCUT2D eigenvalue weighted by atomic mass is 10.1. The van der Waals surface area contributed by atoms with E-state index in [0.717, 1.165) is 22.3 Å². The van der Waals surface area contributed by atoms with Crippen LogP contribution >= 0.6 is 0 Å². The topological polar surface area (TPSA) is 63.8 Å². The molecular weight excluding hydrogens is 228 g/mol. The minimum absolute atomic E-state index is 0.0436. The van der Waals surface area contributed by atoms with Crippen LogP contribution in [0.25, 0.3) is 22.6 Å². The Bertz CT molecular complexity index is 688. The summed E-state index contributed by atoms with van der Waals surface area (Å²) in [7, 11) is 1.90. The molecule has 1 N–H and O–H groups in total. The molecule has 0 unspecified atom stereocenters. The highest BCUT2D eigenvalue weighted by molar-refractivity contribution is 5.72. The van der Waals surface area contributed by atoms with Crippen LogP contribution in [0.2, 0.25) is 0 Å². The number of aliphatic hydroxyl groups is 1. The molecule has 2 heterocycles. The first-order valence-corrected chi connectivity index (χ1v) is 5.62. The van der Waals surface area contributed by atoms with Gasteiger partial charge < -0.3 is 9.67 Å². The molecule has 5 nitrogen and oxygen atoms in total. The summed E-state index contributed by atoms with van der Waals surface area (Å²) in [6.07, 6.45) is 3.44. The first-order valence-electron chi connectivity index (χ1n) is 5.62. The molecule has 0 spiro atoms. The average molecular weight is 240 g/mol. The van der Waals surface area contributed by atoms with E-state index in [-0.39, 0.29) is 6.61 Å². The fraction of sp³-hybridized carbons (Fsp3) is 0.154. The predicted octanol–water partition coefficient (Wildman–Crippen LogP) is 1.52. The van der Waals surface area contributed by atoms with Gasteiger partial charge in [0.05, 0.1) is 19.1 Å². The number of aryl methyl sites for hydroxylation is 1. The lowest BCUT2D eigenvalue weighted by Gasteiger charge is -2.02. The molecule has 2 aromatic heterocycles. The lowest BCUT2D eigenvalue weighted by Crippen LogP contribution is -1.93. The minimum atomic E-state index is 0.0436. The molecule has 0 bridgehead atoms. The van der Waals surface area contributed by atoms with E-state index in [0.29, 0.717) is 5.82 Å². The van der Waals surface area contributed by atoms with Gasteiger partial charge in [0.15, 0.2) is 11.5 Å². The summed E-state index contributed by atoms with van der Waals surface area (Å²) in [4.78, 5) is 13.0. The largest absolute Gasteiger partial charge is 0.392 e. The number of rotatable bonds is 2. The average Bonchev–Trinajstić information content (AvgIpc) is 2.80. The van der Waals surface area contributed by atoms with Gasteiger partial charge in [0.2, 0.25) is 0 Å². The van der Waals surface area contributed by atoms with Crippen molar-refractivity contribution in [2.24, 2.45) is 7.05 Å². The minimum Gasteiger partial charge on any atom is -0.392 e. The molecule has 5 heteroatoms. The molecule has 0 amide bonds. The van der Waals surface area contributed by atoms with Crippen molar-refractivity contribution in [1.29, 1.82) is 0 Å². The van der Waals surface area contributed by atoms with E-state index in [1.807, 2.05) is 35.9 Å². The number of fused-ring (bicyclic) bond motifs is 1. The van der Waals surface area contributed by atoms with Crippen LogP contribution in [0.3, 0.4) is 0 Å². The van der Waals surface area contributed by atoms with Crippen molar-refractivity contribution in [3.05, 3.63) is 42.4 Å². The van der Waals surface area contributed by atoms with Gasteiger partial charge in [0.25, 0.3) is 0 Å². The monoisotopic (exact) mass is 240 g/mol. The predicted molar refractivity (Wildman–Crippen MR) is 67.7 cm³/mol. The zero-order valence-electron chi connectivity index (χ0n) is 9.91. The number of benzene rings is 1. The van der Waals surface area contributed by atoms with Crippen LogP contribution in [0.1, 0.15) is 5.56 Å². The maximum atomic E-state index is 9.01. The summed E-state index contributed by atoms with van der Waals surface area (Å²) in [5, 5.41) is 9.01. The summed E-state index contributed by atoms with van der Waals surface area (Å²) >= 11 is 0. The highest BCUT2D eigenvalue weighted by Gasteiger charge is 2.06. The third-order valence-corrected chi connectivity index (χ3v) is 2.85. The van der Waals surface area contributed by atoms with E-state index in [1.165, 1.54) is 0 Å². The Hall–Kier alpha value is -2.27. The van der Waals surface area contributed by atoms with Crippen LogP contribution in [0, 0.1) is 0 Å². The quantitative estimate of drug-likeness (QED) is 0.737. The van der Waals surface area contributed by atoms with Gasteiger partial charge in [0, 0.05) is 12.6 Å². The Kier molecular flexibility index (Phi) is 2.53. The molecule has 0 saturated carbocycles. The Morgan fingerprint density at radius 3 is 2.67 bits per heavy atom. The van der Waals surface area contributed by atoms with E-state index in [2.05, 4.69) is 15.0 Å². The second-order valence-electron chi connectivity index (χ2n) is 4.11. The molecule has 0 saturated heterocycles. The van der Waals surface area contributed by atoms with E-state index in [9.17, 15) is 0 Å². The molecule has 0 radical (unpaired) electrons. The van der Waals surface area contributed by atoms with Gasteiger partial charge in [-0.05, 0) is 5.56 Å². The Morgan fingerprint density at radius 1 is 1.17 bits per heavy atom. The number of nitrogens with zero attached hydrogens (tertiary/aromatic N) is 4. The summed E-state index contributed by atoms with van der Waals surface area (Å²) in [5.41, 5.74) is 3.40. The number of aliphatic hydroxyl groups excluding tert-OH is 1. The van der Waals surface area contributed by atoms with Crippen LogP contribution in [-0.4, -0.2) is 24.6 Å². The van der Waals surface area contributed by atoms with E-state index < -0.39 is 0 Å². The van der Waals surface area contributed by atoms with Crippen LogP contribution in [0.5, 0.6) is 0 Å². The van der Waals surface area contributed by atoms with Crippen LogP contribution in [0.15, 0.2) is 36.8 Å². The zero-order valence-corrected chi connectivity index (χ0v) is 9.91. The van der Waals surface area contributed by atoms with Crippen LogP contribution in [0.4, 0.5) is 0 Å². The van der Waals surface area contributed by atoms with Crippen molar-refractivity contribution < 1.29 is 5.11 Å². The highest BCUT2D eigenvalue weighted by atomic mass is 16.3. The van der Waals surface area contributed by atoms with Crippen LogP contribution < -0.4 is 0 Å². The van der Waals surface area contributed by atoms with Crippen molar-refractivity contribution in [3.8, 4) is 11.4 Å². The van der Waals surface area contributed by atoms with Gasteiger partial charge in [0.1, 0.15) is 5.52 Å². The molecule has 3 aromatic rings. The van der Waals surface area contributed by atoms with E-state index >= 15 is 0 Å². The molecule has 18 heavy (non-hydrogen) atoms. The Labute approximate surface area is 104 Å². The second-order valence-corrected chi connectivity index (χ2v) is 4.11. The number of aromatic nitrogens is 4. The SMILES string of the molecule is Cn1cnc2cnc(-c3ccc(CO)cc3)nc21. The molecule has 0 fully saturated rings. The van der Waals surface area contributed by atoms with Crippen molar-refractivity contribution in [3.63, 3.8) is 0 Å². The normalized spacial score (nSPS) is 11.0. The van der Waals surface area contributed by atoms with Gasteiger partial charge in [-0.2, -0.15) is 0 Å². The molecule has 0 aliphatic heterocycles. The second kappa shape index (κ2) is 4.19. The summed E-state index contributed by atoms with van der Waals surface area (Å²) in [6.45, 7) is 0.0436. The molecule has 90 valence electrons. The molecule has 1 aromatic carbocycles. The smallest absolute Gasteiger partial charge is 0.163 e. The maximum absolute atomic E-state index is 9.01. The lowest BCUT2D eigenvalue weighted by molar-refractivity contribution is 0.282. The third-order valence-electron chi connectivity index (χ3n) is 2.85. The standard InChI is InChI=1S/C13H12N4O/c1-17-8-15-11-6-14-12(16-13(11)17)10-4-2-9(7-18)3-5-10/h2-6,8,18H,7H2,1H3. The molecule has 0 atom stereocenters. The van der Waals surface area contributed by atoms with Crippen molar-refractivity contribution >= 4 is 11.2 Å². The Morgan fingerprint density at radius 2 is 1.94 bits per heavy atom.